The van der Waals surface area contributed by atoms with Crippen LogP contribution in [0.3, 0.4) is 0 Å². The zero-order chi connectivity index (χ0) is 19.2. The van der Waals surface area contributed by atoms with Crippen LogP contribution in [0.15, 0.2) is 53.9 Å². The predicted octanol–water partition coefficient (Wildman–Crippen LogP) is 3.85. The van der Waals surface area contributed by atoms with E-state index in [1.165, 1.54) is 0 Å². The smallest absolute Gasteiger partial charge is 0.318 e. The topological polar surface area (TPSA) is 66.8 Å². The maximum atomic E-state index is 12.7. The molecular weight excluding hydrogens is 364 g/mol. The average molecular weight is 387 g/mol. The van der Waals surface area contributed by atoms with Crippen LogP contribution in [0.2, 0.25) is 5.02 Å². The Morgan fingerprint density at radius 1 is 1.37 bits per heavy atom. The molecule has 0 unspecified atom stereocenters. The molecule has 1 atom stereocenters. The number of urea groups is 1. The molecule has 0 saturated heterocycles. The number of pyridine rings is 1. The minimum absolute atomic E-state index is 0.0473. The molecule has 0 aliphatic carbocycles. The summed E-state index contributed by atoms with van der Waals surface area (Å²) in [5, 5.41) is 7.77. The highest BCUT2D eigenvalue weighted by Crippen LogP contribution is 2.19. The Morgan fingerprint density at radius 3 is 2.93 bits per heavy atom. The fourth-order valence-electron chi connectivity index (χ4n) is 2.89. The van der Waals surface area contributed by atoms with Crippen LogP contribution in [0.25, 0.3) is 0 Å². The van der Waals surface area contributed by atoms with E-state index in [1.807, 2.05) is 50.2 Å². The number of aromatic nitrogens is 1. The molecule has 0 radical (unpaired) electrons. The molecule has 3 rings (SSSR count). The minimum Gasteiger partial charge on any atom is -0.390 e. The number of nitrogens with zero attached hydrogens (tertiary/aromatic N) is 3. The van der Waals surface area contributed by atoms with E-state index < -0.39 is 0 Å². The van der Waals surface area contributed by atoms with Gasteiger partial charge in [0, 0.05) is 42.0 Å². The van der Waals surface area contributed by atoms with Gasteiger partial charge in [-0.3, -0.25) is 4.98 Å². The van der Waals surface area contributed by atoms with E-state index in [2.05, 4.69) is 15.5 Å². The largest absolute Gasteiger partial charge is 0.390 e. The van der Waals surface area contributed by atoms with Gasteiger partial charge in [-0.15, -0.1) is 0 Å². The fraction of sp³-hybridized carbons (Fsp3) is 0.350. The normalized spacial score (nSPS) is 16.0. The summed E-state index contributed by atoms with van der Waals surface area (Å²) in [6.07, 6.45) is 3.92. The van der Waals surface area contributed by atoms with Crippen molar-refractivity contribution >= 4 is 23.3 Å². The number of rotatable bonds is 6. The lowest BCUT2D eigenvalue weighted by Crippen LogP contribution is -2.45. The number of hydrogen-bond donors (Lipinski definition) is 1. The van der Waals surface area contributed by atoms with Gasteiger partial charge in [-0.1, -0.05) is 28.9 Å². The van der Waals surface area contributed by atoms with Gasteiger partial charge in [0.05, 0.1) is 12.3 Å². The molecule has 1 aliphatic rings. The Morgan fingerprint density at radius 2 is 2.22 bits per heavy atom. The number of benzene rings is 1. The minimum atomic E-state index is -0.197. The van der Waals surface area contributed by atoms with Crippen molar-refractivity contribution in [1.29, 1.82) is 0 Å². The molecule has 2 aromatic rings. The molecule has 1 aromatic carbocycles. The van der Waals surface area contributed by atoms with Gasteiger partial charge in [0.25, 0.3) is 0 Å². The summed E-state index contributed by atoms with van der Waals surface area (Å²) in [6.45, 7) is 4.75. The first-order valence-corrected chi connectivity index (χ1v) is 9.32. The fourth-order valence-corrected chi connectivity index (χ4v) is 3.10. The number of halogens is 1. The monoisotopic (exact) mass is 386 g/mol. The molecule has 0 bridgehead atoms. The summed E-state index contributed by atoms with van der Waals surface area (Å²) in [7, 11) is 0. The molecule has 7 heteroatoms. The van der Waals surface area contributed by atoms with Crippen molar-refractivity contribution < 1.29 is 9.63 Å². The Labute approximate surface area is 164 Å². The van der Waals surface area contributed by atoms with E-state index in [0.29, 0.717) is 24.5 Å². The SMILES string of the molecule is CC(C)NC(=O)N(Cc1cccc(Cl)c1)C[C@H]1CC(c2cccnc2)=NO1. The molecule has 1 aliphatic heterocycles. The Kier molecular flexibility index (Phi) is 6.29. The first kappa shape index (κ1) is 19.2. The number of carbonyl (C=O) groups is 1. The molecular formula is C20H23ClN4O2. The van der Waals surface area contributed by atoms with Gasteiger partial charge in [0.1, 0.15) is 0 Å². The molecule has 142 valence electrons. The summed E-state index contributed by atoms with van der Waals surface area (Å²) in [6, 6.07) is 11.2. The Hall–Kier alpha value is -2.60. The zero-order valence-corrected chi connectivity index (χ0v) is 16.2. The van der Waals surface area contributed by atoms with Crippen molar-refractivity contribution in [3.63, 3.8) is 0 Å². The van der Waals surface area contributed by atoms with E-state index in [1.54, 1.807) is 17.3 Å². The summed E-state index contributed by atoms with van der Waals surface area (Å²) < 4.78 is 0. The third-order valence-corrected chi connectivity index (χ3v) is 4.35. The maximum Gasteiger partial charge on any atom is 0.318 e. The molecule has 2 heterocycles. The van der Waals surface area contributed by atoms with Gasteiger partial charge < -0.3 is 15.1 Å². The van der Waals surface area contributed by atoms with Gasteiger partial charge >= 0.3 is 6.03 Å². The second-order valence-electron chi connectivity index (χ2n) is 6.83. The highest BCUT2D eigenvalue weighted by atomic mass is 35.5. The number of hydrogen-bond acceptors (Lipinski definition) is 4. The molecule has 2 amide bonds. The third-order valence-electron chi connectivity index (χ3n) is 4.11. The van der Waals surface area contributed by atoms with Crippen LogP contribution in [0.4, 0.5) is 4.79 Å². The van der Waals surface area contributed by atoms with E-state index in [0.717, 1.165) is 16.8 Å². The quantitative estimate of drug-likeness (QED) is 0.819. The maximum absolute atomic E-state index is 12.7. The Balaban J connectivity index is 1.67. The third kappa shape index (κ3) is 5.44. The lowest BCUT2D eigenvalue weighted by molar-refractivity contribution is 0.0586. The number of oxime groups is 1. The average Bonchev–Trinajstić information content (AvgIpc) is 3.10. The first-order valence-electron chi connectivity index (χ1n) is 8.94. The van der Waals surface area contributed by atoms with Crippen molar-refractivity contribution in [3.8, 4) is 0 Å². The summed E-state index contributed by atoms with van der Waals surface area (Å²) in [5.74, 6) is 0. The van der Waals surface area contributed by atoms with Crippen LogP contribution < -0.4 is 5.32 Å². The van der Waals surface area contributed by atoms with Gasteiger partial charge in [-0.25, -0.2) is 4.79 Å². The highest BCUT2D eigenvalue weighted by molar-refractivity contribution is 6.30. The second kappa shape index (κ2) is 8.86. The number of carbonyl (C=O) groups excluding carboxylic acids is 1. The first-order chi connectivity index (χ1) is 13.0. The number of amides is 2. The van der Waals surface area contributed by atoms with Crippen molar-refractivity contribution in [1.82, 2.24) is 15.2 Å². The van der Waals surface area contributed by atoms with Crippen LogP contribution in [-0.4, -0.2) is 40.3 Å². The second-order valence-corrected chi connectivity index (χ2v) is 7.26. The highest BCUT2D eigenvalue weighted by Gasteiger charge is 2.27. The van der Waals surface area contributed by atoms with E-state index in [9.17, 15) is 4.79 Å². The van der Waals surface area contributed by atoms with Crippen molar-refractivity contribution in [2.24, 2.45) is 5.16 Å². The lowest BCUT2D eigenvalue weighted by atomic mass is 10.1. The molecule has 0 fully saturated rings. The van der Waals surface area contributed by atoms with Crippen molar-refractivity contribution in [2.75, 3.05) is 6.54 Å². The molecule has 1 aromatic heterocycles. The molecule has 0 spiro atoms. The van der Waals surface area contributed by atoms with Gasteiger partial charge in [0.15, 0.2) is 6.10 Å². The van der Waals surface area contributed by atoms with Crippen LogP contribution >= 0.6 is 11.6 Å². The van der Waals surface area contributed by atoms with Crippen LogP contribution in [-0.2, 0) is 11.4 Å². The van der Waals surface area contributed by atoms with Crippen molar-refractivity contribution in [3.05, 3.63) is 64.9 Å². The molecule has 0 saturated carbocycles. The van der Waals surface area contributed by atoms with Crippen LogP contribution in [0.1, 0.15) is 31.4 Å². The van der Waals surface area contributed by atoms with Gasteiger partial charge in [0.2, 0.25) is 0 Å². The van der Waals surface area contributed by atoms with Crippen LogP contribution in [0, 0.1) is 0 Å². The predicted molar refractivity (Wildman–Crippen MR) is 106 cm³/mol. The van der Waals surface area contributed by atoms with Gasteiger partial charge in [-0.05, 0) is 43.7 Å². The molecule has 1 N–H and O–H groups in total. The van der Waals surface area contributed by atoms with Crippen LogP contribution in [0.5, 0.6) is 0 Å². The zero-order valence-electron chi connectivity index (χ0n) is 15.4. The van der Waals surface area contributed by atoms with E-state index in [4.69, 9.17) is 16.4 Å². The number of nitrogens with one attached hydrogen (secondary N) is 1. The Bertz CT molecular complexity index is 811. The van der Waals surface area contributed by atoms with E-state index in [-0.39, 0.29) is 18.2 Å². The summed E-state index contributed by atoms with van der Waals surface area (Å²) in [4.78, 5) is 24.1. The van der Waals surface area contributed by atoms with E-state index >= 15 is 0 Å². The molecule has 27 heavy (non-hydrogen) atoms. The van der Waals surface area contributed by atoms with Crippen molar-refractivity contribution in [2.45, 2.75) is 39.0 Å². The van der Waals surface area contributed by atoms with Gasteiger partial charge in [-0.2, -0.15) is 0 Å². The summed E-state index contributed by atoms with van der Waals surface area (Å²) in [5.41, 5.74) is 2.75. The standard InChI is InChI=1S/C20H23ClN4O2/c1-14(2)23-20(26)25(12-15-5-3-7-17(21)9-15)13-18-10-19(24-27-18)16-6-4-8-22-11-16/h3-9,11,14,18H,10,12-13H2,1-2H3,(H,23,26)/t18-/m1/s1. The molecule has 6 nitrogen and oxygen atoms in total. The lowest BCUT2D eigenvalue weighted by Gasteiger charge is -2.26. The summed E-state index contributed by atoms with van der Waals surface area (Å²) >= 11 is 6.08.